The van der Waals surface area contributed by atoms with Gasteiger partial charge in [0.25, 0.3) is 0 Å². The molecule has 1 aromatic rings. The Kier molecular flexibility index (Phi) is 4.48. The number of hydrogen-bond donors (Lipinski definition) is 0. The number of aldehydes is 1. The molecule has 0 bridgehead atoms. The number of halogens is 1. The normalized spacial score (nSPS) is 23.6. The van der Waals surface area contributed by atoms with E-state index in [0.29, 0.717) is 6.29 Å². The van der Waals surface area contributed by atoms with Crippen LogP contribution in [-0.4, -0.2) is 28.1 Å². The smallest absolute Gasteiger partial charge is 0.210 e. The van der Waals surface area contributed by atoms with Gasteiger partial charge < -0.3 is 4.79 Å². The van der Waals surface area contributed by atoms with Crippen LogP contribution in [0.5, 0.6) is 0 Å². The number of nitrogens with zero attached hydrogens (tertiary/aromatic N) is 3. The molecule has 0 aliphatic heterocycles. The highest BCUT2D eigenvalue weighted by Crippen LogP contribution is 2.33. The summed E-state index contributed by atoms with van der Waals surface area (Å²) in [4.78, 5) is 18.9. The molecule has 6 heteroatoms. The van der Waals surface area contributed by atoms with E-state index in [1.54, 1.807) is 11.7 Å². The van der Waals surface area contributed by atoms with Gasteiger partial charge in [0.15, 0.2) is 6.29 Å². The summed E-state index contributed by atoms with van der Waals surface area (Å²) in [6, 6.07) is 0. The second kappa shape index (κ2) is 5.65. The van der Waals surface area contributed by atoms with Crippen molar-refractivity contribution in [1.29, 1.82) is 0 Å². The van der Waals surface area contributed by atoms with Gasteiger partial charge >= 0.3 is 0 Å². The van der Waals surface area contributed by atoms with E-state index >= 15 is 0 Å². The lowest BCUT2D eigenvalue weighted by molar-refractivity contribution is -0.119. The largest absolute Gasteiger partial charge is 0.307 e. The molecular formula is C11H16FN3O2. The van der Waals surface area contributed by atoms with Gasteiger partial charge in [0.05, 0.1) is 5.69 Å². The van der Waals surface area contributed by atoms with E-state index in [-0.39, 0.29) is 12.1 Å². The van der Waals surface area contributed by atoms with E-state index < -0.39 is 5.67 Å². The Morgan fingerprint density at radius 2 is 2.12 bits per heavy atom. The number of hydrogen-bond acceptors (Lipinski definition) is 4. The zero-order chi connectivity index (χ0) is 12.9. The lowest BCUT2D eigenvalue weighted by atomic mass is 9.90. The van der Waals surface area contributed by atoms with Crippen LogP contribution in [0.15, 0.2) is 0 Å². The average molecular weight is 241 g/mol. The van der Waals surface area contributed by atoms with Crippen molar-refractivity contribution in [3.63, 3.8) is 0 Å². The first-order valence-electron chi connectivity index (χ1n) is 5.50. The SMILES string of the molecule is C=O.Cn1nnc2c1CCCCCC2(F)C=O. The number of fused-ring (bicyclic) bond motifs is 1. The average Bonchev–Trinajstić information content (AvgIpc) is 2.70. The van der Waals surface area contributed by atoms with E-state index in [1.165, 1.54) is 0 Å². The molecule has 1 unspecified atom stereocenters. The van der Waals surface area contributed by atoms with Gasteiger partial charge in [-0.05, 0) is 25.7 Å². The van der Waals surface area contributed by atoms with Gasteiger partial charge in [-0.25, -0.2) is 4.39 Å². The fourth-order valence-corrected chi connectivity index (χ4v) is 2.06. The Hall–Kier alpha value is -1.59. The van der Waals surface area contributed by atoms with E-state index in [4.69, 9.17) is 4.79 Å². The van der Waals surface area contributed by atoms with E-state index in [2.05, 4.69) is 10.3 Å². The molecule has 0 saturated carbocycles. The van der Waals surface area contributed by atoms with Gasteiger partial charge in [0.1, 0.15) is 12.5 Å². The summed E-state index contributed by atoms with van der Waals surface area (Å²) in [5.41, 5.74) is -0.951. The highest BCUT2D eigenvalue weighted by Gasteiger charge is 2.38. The maximum absolute atomic E-state index is 14.3. The predicted molar refractivity (Wildman–Crippen MR) is 59.1 cm³/mol. The molecule has 2 rings (SSSR count). The van der Waals surface area contributed by atoms with Crippen molar-refractivity contribution >= 4 is 13.1 Å². The van der Waals surface area contributed by atoms with Crippen molar-refractivity contribution in [2.45, 2.75) is 37.8 Å². The van der Waals surface area contributed by atoms with Crippen LogP contribution in [0.1, 0.15) is 37.1 Å². The van der Waals surface area contributed by atoms with Crippen LogP contribution in [0.25, 0.3) is 0 Å². The van der Waals surface area contributed by atoms with E-state index in [1.807, 2.05) is 6.79 Å². The van der Waals surface area contributed by atoms with Crippen molar-refractivity contribution < 1.29 is 14.0 Å². The maximum Gasteiger partial charge on any atom is 0.210 e. The quantitative estimate of drug-likeness (QED) is 0.691. The molecule has 17 heavy (non-hydrogen) atoms. The van der Waals surface area contributed by atoms with Crippen LogP contribution in [0.3, 0.4) is 0 Å². The molecule has 0 amide bonds. The maximum atomic E-state index is 14.3. The van der Waals surface area contributed by atoms with Gasteiger partial charge in [-0.1, -0.05) is 11.6 Å². The zero-order valence-corrected chi connectivity index (χ0v) is 9.86. The summed E-state index contributed by atoms with van der Waals surface area (Å²) < 4.78 is 15.8. The number of carbonyl (C=O) groups excluding carboxylic acids is 2. The zero-order valence-electron chi connectivity index (χ0n) is 9.86. The summed E-state index contributed by atoms with van der Waals surface area (Å²) in [7, 11) is 1.73. The van der Waals surface area contributed by atoms with Crippen molar-refractivity contribution in [2.24, 2.45) is 7.05 Å². The van der Waals surface area contributed by atoms with Crippen LogP contribution in [-0.2, 0) is 28.7 Å². The van der Waals surface area contributed by atoms with Crippen LogP contribution >= 0.6 is 0 Å². The Morgan fingerprint density at radius 1 is 1.41 bits per heavy atom. The van der Waals surface area contributed by atoms with E-state index in [9.17, 15) is 9.18 Å². The van der Waals surface area contributed by atoms with Gasteiger partial charge in [0.2, 0.25) is 5.67 Å². The van der Waals surface area contributed by atoms with Gasteiger partial charge in [-0.15, -0.1) is 5.10 Å². The summed E-state index contributed by atoms with van der Waals surface area (Å²) in [6.45, 7) is 2.00. The van der Waals surface area contributed by atoms with Gasteiger partial charge in [-0.3, -0.25) is 9.48 Å². The lowest BCUT2D eigenvalue weighted by Gasteiger charge is -2.20. The Balaban J connectivity index is 0.000000686. The monoisotopic (exact) mass is 241 g/mol. The summed E-state index contributed by atoms with van der Waals surface area (Å²) >= 11 is 0. The Bertz CT molecular complexity index is 394. The highest BCUT2D eigenvalue weighted by molar-refractivity contribution is 5.65. The number of carbonyl (C=O) groups is 2. The fourth-order valence-electron chi connectivity index (χ4n) is 2.06. The molecule has 1 heterocycles. The van der Waals surface area contributed by atoms with Crippen molar-refractivity contribution in [1.82, 2.24) is 15.0 Å². The molecule has 0 aromatic carbocycles. The third-order valence-corrected chi connectivity index (χ3v) is 2.98. The minimum absolute atomic E-state index is 0.222. The van der Waals surface area contributed by atoms with E-state index in [0.717, 1.165) is 31.4 Å². The van der Waals surface area contributed by atoms with Crippen LogP contribution < -0.4 is 0 Å². The molecule has 1 aromatic heterocycles. The minimum Gasteiger partial charge on any atom is -0.307 e. The lowest BCUT2D eigenvalue weighted by Crippen LogP contribution is -2.26. The molecule has 0 fully saturated rings. The van der Waals surface area contributed by atoms with Gasteiger partial charge in [-0.2, -0.15) is 0 Å². The Morgan fingerprint density at radius 3 is 2.76 bits per heavy atom. The second-order valence-electron chi connectivity index (χ2n) is 4.05. The molecule has 5 nitrogen and oxygen atoms in total. The molecule has 94 valence electrons. The van der Waals surface area contributed by atoms with Crippen molar-refractivity contribution in [3.05, 3.63) is 11.4 Å². The highest BCUT2D eigenvalue weighted by atomic mass is 19.1. The summed E-state index contributed by atoms with van der Waals surface area (Å²) in [5.74, 6) is 0. The first-order valence-corrected chi connectivity index (χ1v) is 5.50. The third-order valence-electron chi connectivity index (χ3n) is 2.98. The fraction of sp³-hybridized carbons (Fsp3) is 0.636. The van der Waals surface area contributed by atoms with Crippen LogP contribution in [0.2, 0.25) is 0 Å². The molecule has 0 spiro atoms. The summed E-state index contributed by atoms with van der Waals surface area (Å²) in [5, 5.41) is 7.58. The van der Waals surface area contributed by atoms with Crippen molar-refractivity contribution in [3.8, 4) is 0 Å². The third kappa shape index (κ3) is 2.57. The topological polar surface area (TPSA) is 64.8 Å². The molecule has 1 aliphatic rings. The molecular weight excluding hydrogens is 225 g/mol. The molecule has 0 saturated heterocycles. The molecule has 1 atom stereocenters. The number of rotatable bonds is 1. The van der Waals surface area contributed by atoms with Crippen LogP contribution in [0.4, 0.5) is 4.39 Å². The Labute approximate surface area is 99.0 Å². The first kappa shape index (κ1) is 13.5. The number of alkyl halides is 1. The molecule has 0 radical (unpaired) electrons. The summed E-state index contributed by atoms with van der Waals surface area (Å²) in [6.07, 6.45) is 4.02. The number of aromatic nitrogens is 3. The molecule has 1 aliphatic carbocycles. The first-order chi connectivity index (χ1) is 8.17. The number of aryl methyl sites for hydroxylation is 1. The minimum atomic E-state index is -1.93. The standard InChI is InChI=1S/C10H14FN3O.CH2O/c1-14-8-5-3-2-4-6-10(11,7-15)9(8)12-13-14;1-2/h7H,2-6H2,1H3;1H2. The molecule has 0 N–H and O–H groups in total. The van der Waals surface area contributed by atoms with Gasteiger partial charge in [0, 0.05) is 7.05 Å². The van der Waals surface area contributed by atoms with Crippen molar-refractivity contribution in [2.75, 3.05) is 0 Å². The predicted octanol–water partition coefficient (Wildman–Crippen LogP) is 1.11. The van der Waals surface area contributed by atoms with Crippen LogP contribution in [0, 0.1) is 0 Å². The second-order valence-corrected chi connectivity index (χ2v) is 4.05.